The third-order valence-corrected chi connectivity index (χ3v) is 6.02. The number of carboxylic acid groups (broad SMARTS) is 1. The van der Waals surface area contributed by atoms with Gasteiger partial charge in [-0.05, 0) is 31.1 Å². The van der Waals surface area contributed by atoms with Crippen LogP contribution in [0.15, 0.2) is 11.5 Å². The first-order valence-electron chi connectivity index (χ1n) is 7.00. The van der Waals surface area contributed by atoms with Crippen molar-refractivity contribution in [3.05, 3.63) is 6.33 Å². The average Bonchev–Trinajstić information content (AvgIpc) is 2.92. The van der Waals surface area contributed by atoms with Crippen LogP contribution in [0.5, 0.6) is 0 Å². The van der Waals surface area contributed by atoms with Crippen molar-refractivity contribution in [3.8, 4) is 0 Å². The Morgan fingerprint density at radius 2 is 1.95 bits per heavy atom. The van der Waals surface area contributed by atoms with E-state index in [-0.39, 0.29) is 10.6 Å². The Balaban J connectivity index is 1.80. The summed E-state index contributed by atoms with van der Waals surface area (Å²) in [4.78, 5) is 15.2. The normalized spacial score (nSPS) is 23.6. The highest BCUT2D eigenvalue weighted by molar-refractivity contribution is 7.89. The molecule has 0 aliphatic heterocycles. The fourth-order valence-electron chi connectivity index (χ4n) is 3.78. The van der Waals surface area contributed by atoms with Gasteiger partial charge in [0.1, 0.15) is 11.9 Å². The van der Waals surface area contributed by atoms with Gasteiger partial charge in [-0.1, -0.05) is 19.3 Å². The second-order valence-electron chi connectivity index (χ2n) is 6.20. The van der Waals surface area contributed by atoms with Crippen LogP contribution in [0, 0.1) is 5.41 Å². The maximum atomic E-state index is 12.2. The number of aromatic nitrogens is 3. The van der Waals surface area contributed by atoms with Crippen LogP contribution < -0.4 is 4.72 Å². The topological polar surface area (TPSA) is 125 Å². The van der Waals surface area contributed by atoms with Gasteiger partial charge in [0.05, 0.1) is 0 Å². The molecular formula is C12H18N4O4S. The first-order valence-corrected chi connectivity index (χ1v) is 8.49. The molecule has 3 rings (SSSR count). The van der Waals surface area contributed by atoms with Crippen molar-refractivity contribution < 1.29 is 18.3 Å². The predicted molar refractivity (Wildman–Crippen MR) is 71.8 cm³/mol. The summed E-state index contributed by atoms with van der Waals surface area (Å²) < 4.78 is 26.7. The number of carboxylic acids is 1. The van der Waals surface area contributed by atoms with E-state index >= 15 is 0 Å². The van der Waals surface area contributed by atoms with Crippen LogP contribution in [0.25, 0.3) is 0 Å². The lowest BCUT2D eigenvalue weighted by molar-refractivity contribution is -0.156. The van der Waals surface area contributed by atoms with E-state index in [2.05, 4.69) is 19.9 Å². The van der Waals surface area contributed by atoms with Crippen LogP contribution in [0.2, 0.25) is 0 Å². The number of hydrogen-bond acceptors (Lipinski definition) is 5. The van der Waals surface area contributed by atoms with E-state index < -0.39 is 21.5 Å². The fourth-order valence-corrected chi connectivity index (χ4v) is 4.98. The third-order valence-electron chi connectivity index (χ3n) is 4.65. The summed E-state index contributed by atoms with van der Waals surface area (Å²) >= 11 is 0. The molecule has 1 heterocycles. The van der Waals surface area contributed by atoms with Crippen molar-refractivity contribution in [2.24, 2.45) is 5.41 Å². The molecule has 3 N–H and O–H groups in total. The van der Waals surface area contributed by atoms with Gasteiger partial charge in [-0.3, -0.25) is 4.79 Å². The largest absolute Gasteiger partial charge is 0.480 e. The molecule has 0 radical (unpaired) electrons. The van der Waals surface area contributed by atoms with Gasteiger partial charge in [0.15, 0.2) is 0 Å². The number of nitrogens with zero attached hydrogens (tertiary/aromatic N) is 2. The lowest BCUT2D eigenvalue weighted by atomic mass is 9.52. The summed E-state index contributed by atoms with van der Waals surface area (Å²) in [6, 6.07) is 0. The van der Waals surface area contributed by atoms with E-state index in [1.165, 1.54) is 6.42 Å². The summed E-state index contributed by atoms with van der Waals surface area (Å²) in [6.07, 6.45) is 7.08. The fraction of sp³-hybridized carbons (Fsp3) is 0.750. The molecule has 2 aliphatic rings. The van der Waals surface area contributed by atoms with E-state index in [9.17, 15) is 18.3 Å². The van der Waals surface area contributed by atoms with E-state index in [1.807, 2.05) is 0 Å². The van der Waals surface area contributed by atoms with Gasteiger partial charge in [0.2, 0.25) is 0 Å². The second-order valence-corrected chi connectivity index (χ2v) is 7.80. The second kappa shape index (κ2) is 4.77. The Kier molecular flexibility index (Phi) is 3.28. The highest BCUT2D eigenvalue weighted by Gasteiger charge is 2.60. The number of aliphatic carboxylic acids is 1. The highest BCUT2D eigenvalue weighted by Crippen LogP contribution is 2.57. The van der Waals surface area contributed by atoms with Crippen molar-refractivity contribution in [3.63, 3.8) is 0 Å². The molecule has 116 valence electrons. The van der Waals surface area contributed by atoms with Crippen molar-refractivity contribution >= 4 is 16.0 Å². The van der Waals surface area contributed by atoms with Gasteiger partial charge < -0.3 is 5.11 Å². The molecule has 2 saturated carbocycles. The summed E-state index contributed by atoms with van der Waals surface area (Å²) in [6.45, 7) is 0. The van der Waals surface area contributed by atoms with E-state index in [0.717, 1.165) is 32.0 Å². The van der Waals surface area contributed by atoms with E-state index in [1.54, 1.807) is 0 Å². The minimum atomic E-state index is -4.00. The third kappa shape index (κ3) is 2.44. The number of aromatic amines is 1. The van der Waals surface area contributed by atoms with Gasteiger partial charge in [0, 0.05) is 0 Å². The molecule has 8 nitrogen and oxygen atoms in total. The molecule has 0 saturated heterocycles. The average molecular weight is 314 g/mol. The zero-order chi connectivity index (χ0) is 15.1. The molecule has 21 heavy (non-hydrogen) atoms. The Bertz CT molecular complexity index is 626. The molecule has 0 aromatic carbocycles. The Hall–Kier alpha value is -1.48. The predicted octanol–water partition coefficient (Wildman–Crippen LogP) is 0.651. The smallest absolute Gasteiger partial charge is 0.324 e. The van der Waals surface area contributed by atoms with Crippen LogP contribution in [-0.2, 0) is 14.8 Å². The van der Waals surface area contributed by atoms with Gasteiger partial charge in [-0.25, -0.2) is 18.5 Å². The summed E-state index contributed by atoms with van der Waals surface area (Å²) in [5.74, 6) is -1.12. The minimum absolute atomic E-state index is 0.0133. The van der Waals surface area contributed by atoms with Crippen molar-refractivity contribution in [1.82, 2.24) is 19.9 Å². The first kappa shape index (κ1) is 14.5. The highest BCUT2D eigenvalue weighted by atomic mass is 32.2. The van der Waals surface area contributed by atoms with Crippen LogP contribution >= 0.6 is 0 Å². The lowest BCUT2D eigenvalue weighted by Crippen LogP contribution is -2.66. The molecule has 1 spiro atoms. The Labute approximate surface area is 122 Å². The van der Waals surface area contributed by atoms with Crippen molar-refractivity contribution in [2.75, 3.05) is 0 Å². The van der Waals surface area contributed by atoms with E-state index in [4.69, 9.17) is 0 Å². The summed E-state index contributed by atoms with van der Waals surface area (Å²) in [5.41, 5.74) is -1.43. The van der Waals surface area contributed by atoms with Crippen LogP contribution in [-0.4, -0.2) is 40.2 Å². The number of nitrogens with one attached hydrogen (secondary N) is 2. The van der Waals surface area contributed by atoms with Crippen LogP contribution in [0.1, 0.15) is 44.9 Å². The maximum absolute atomic E-state index is 12.2. The minimum Gasteiger partial charge on any atom is -0.480 e. The standard InChI is InChI=1S/C12H18N4O4S/c17-9(18)12(6-11(7-12)4-2-1-3-5-11)16-21(19,20)10-13-8-14-15-10/h8,16H,1-7H2,(H,17,18)(H,13,14,15). The molecule has 2 fully saturated rings. The van der Waals surface area contributed by atoms with Crippen molar-refractivity contribution in [2.45, 2.75) is 55.6 Å². The SMILES string of the molecule is O=C(O)C1(NS(=O)(=O)c2ncn[nH]2)CC2(CCCCC2)C1. The van der Waals surface area contributed by atoms with Gasteiger partial charge in [0.25, 0.3) is 15.2 Å². The van der Waals surface area contributed by atoms with Gasteiger partial charge >= 0.3 is 5.97 Å². The molecule has 0 bridgehead atoms. The number of carbonyl (C=O) groups is 1. The lowest BCUT2D eigenvalue weighted by Gasteiger charge is -2.55. The monoisotopic (exact) mass is 314 g/mol. The number of hydrogen-bond donors (Lipinski definition) is 3. The summed E-state index contributed by atoms with van der Waals surface area (Å²) in [7, 11) is -4.00. The van der Waals surface area contributed by atoms with Gasteiger partial charge in [-0.2, -0.15) is 9.82 Å². The number of rotatable bonds is 4. The molecule has 1 aromatic heterocycles. The molecule has 1 aromatic rings. The van der Waals surface area contributed by atoms with Crippen molar-refractivity contribution in [1.29, 1.82) is 0 Å². The van der Waals surface area contributed by atoms with Gasteiger partial charge in [-0.15, -0.1) is 0 Å². The molecule has 0 atom stereocenters. The van der Waals surface area contributed by atoms with E-state index in [0.29, 0.717) is 12.8 Å². The quantitative estimate of drug-likeness (QED) is 0.749. The first-order chi connectivity index (χ1) is 9.88. The number of sulfonamides is 1. The molecule has 9 heteroatoms. The Morgan fingerprint density at radius 3 is 2.48 bits per heavy atom. The summed E-state index contributed by atoms with van der Waals surface area (Å²) in [5, 5.41) is 14.9. The Morgan fingerprint density at radius 1 is 1.29 bits per heavy atom. The molecule has 0 unspecified atom stereocenters. The molecule has 0 amide bonds. The molecule has 2 aliphatic carbocycles. The zero-order valence-electron chi connectivity index (χ0n) is 11.5. The zero-order valence-corrected chi connectivity index (χ0v) is 12.3. The number of H-pyrrole nitrogens is 1. The maximum Gasteiger partial charge on any atom is 0.324 e. The van der Waals surface area contributed by atoms with Crippen LogP contribution in [0.3, 0.4) is 0 Å². The molecular weight excluding hydrogens is 296 g/mol. The van der Waals surface area contributed by atoms with Crippen LogP contribution in [0.4, 0.5) is 0 Å².